The highest BCUT2D eigenvalue weighted by atomic mass is 127. The number of aromatic nitrogens is 1. The molecule has 0 fully saturated rings. The maximum Gasteiger partial charge on any atom is 0.269 e. The van der Waals surface area contributed by atoms with E-state index in [0.29, 0.717) is 10.0 Å². The van der Waals surface area contributed by atoms with Crippen LogP contribution in [0.5, 0.6) is 0 Å². The number of nitrogen functional groups attached to an aromatic ring is 1. The standard InChI is InChI=1S/C14H17IN4OS/c1-14(2,3)19-13-18-11(16)10(21-13)12(20)17-9-7-5-4-6-8(9)15/h4-7H,16H2,1-3H3,(H,17,20)(H,18,19). The zero-order valence-corrected chi connectivity index (χ0v) is 15.0. The third-order valence-electron chi connectivity index (χ3n) is 2.46. The lowest BCUT2D eigenvalue weighted by Gasteiger charge is -2.19. The van der Waals surface area contributed by atoms with E-state index in [1.165, 1.54) is 11.3 Å². The number of carbonyl (C=O) groups is 1. The summed E-state index contributed by atoms with van der Waals surface area (Å²) in [7, 11) is 0. The number of thiazole rings is 1. The van der Waals surface area contributed by atoms with Crippen LogP contribution in [-0.4, -0.2) is 16.4 Å². The number of carbonyl (C=O) groups excluding carboxylic acids is 1. The molecule has 5 nitrogen and oxygen atoms in total. The summed E-state index contributed by atoms with van der Waals surface area (Å²) in [5.74, 6) is 0.00580. The fourth-order valence-electron chi connectivity index (χ4n) is 1.61. The first-order chi connectivity index (χ1) is 9.76. The van der Waals surface area contributed by atoms with Crippen molar-refractivity contribution < 1.29 is 4.79 Å². The maximum absolute atomic E-state index is 12.3. The molecule has 0 aliphatic carbocycles. The number of anilines is 3. The molecule has 0 aliphatic rings. The normalized spacial score (nSPS) is 11.2. The first-order valence-electron chi connectivity index (χ1n) is 6.36. The summed E-state index contributed by atoms with van der Waals surface area (Å²) in [6.07, 6.45) is 0. The van der Waals surface area contributed by atoms with Gasteiger partial charge in [-0.05, 0) is 55.5 Å². The Bertz CT molecular complexity index is 663. The predicted octanol–water partition coefficient (Wildman–Crippen LogP) is 3.79. The molecule has 2 rings (SSSR count). The van der Waals surface area contributed by atoms with Crippen LogP contribution in [0.25, 0.3) is 0 Å². The van der Waals surface area contributed by atoms with Crippen LogP contribution in [0.3, 0.4) is 0 Å². The van der Waals surface area contributed by atoms with Gasteiger partial charge in [0.25, 0.3) is 5.91 Å². The van der Waals surface area contributed by atoms with Crippen LogP contribution in [0.4, 0.5) is 16.6 Å². The predicted molar refractivity (Wildman–Crippen MR) is 97.0 cm³/mol. The van der Waals surface area contributed by atoms with Gasteiger partial charge in [-0.1, -0.05) is 23.5 Å². The summed E-state index contributed by atoms with van der Waals surface area (Å²) in [6, 6.07) is 7.58. The topological polar surface area (TPSA) is 80.0 Å². The zero-order chi connectivity index (χ0) is 15.6. The highest BCUT2D eigenvalue weighted by Gasteiger charge is 2.19. The molecule has 7 heteroatoms. The van der Waals surface area contributed by atoms with Crippen molar-refractivity contribution in [3.05, 3.63) is 32.7 Å². The van der Waals surface area contributed by atoms with Crippen LogP contribution in [-0.2, 0) is 0 Å². The number of rotatable bonds is 3. The summed E-state index contributed by atoms with van der Waals surface area (Å²) in [4.78, 5) is 16.9. The molecule has 1 aromatic heterocycles. The average Bonchev–Trinajstić information content (AvgIpc) is 2.70. The molecular weight excluding hydrogens is 399 g/mol. The monoisotopic (exact) mass is 416 g/mol. The van der Waals surface area contributed by atoms with E-state index in [1.807, 2.05) is 45.0 Å². The van der Waals surface area contributed by atoms with Crippen molar-refractivity contribution in [2.75, 3.05) is 16.4 Å². The van der Waals surface area contributed by atoms with Crippen molar-refractivity contribution in [1.29, 1.82) is 0 Å². The van der Waals surface area contributed by atoms with Crippen LogP contribution in [0.15, 0.2) is 24.3 Å². The van der Waals surface area contributed by atoms with Crippen LogP contribution in [0, 0.1) is 3.57 Å². The van der Waals surface area contributed by atoms with Gasteiger partial charge in [0.05, 0.1) is 5.69 Å². The Labute approximate surface area is 141 Å². The molecular formula is C14H17IN4OS. The van der Waals surface area contributed by atoms with E-state index in [4.69, 9.17) is 5.73 Å². The molecule has 21 heavy (non-hydrogen) atoms. The molecule has 0 radical (unpaired) electrons. The van der Waals surface area contributed by atoms with E-state index in [2.05, 4.69) is 38.2 Å². The van der Waals surface area contributed by atoms with E-state index >= 15 is 0 Å². The lowest BCUT2D eigenvalue weighted by atomic mass is 10.1. The highest BCUT2D eigenvalue weighted by Crippen LogP contribution is 2.28. The molecule has 0 saturated heterocycles. The second kappa shape index (κ2) is 6.18. The Morgan fingerprint density at radius 3 is 2.62 bits per heavy atom. The molecule has 2 aromatic rings. The van der Waals surface area contributed by atoms with Gasteiger partial charge in [0.15, 0.2) is 5.13 Å². The van der Waals surface area contributed by atoms with Crippen molar-refractivity contribution in [1.82, 2.24) is 4.98 Å². The number of hydrogen-bond donors (Lipinski definition) is 3. The first kappa shape index (κ1) is 16.0. The summed E-state index contributed by atoms with van der Waals surface area (Å²) >= 11 is 3.43. The third kappa shape index (κ3) is 4.31. The molecule has 0 unspecified atom stereocenters. The summed E-state index contributed by atoms with van der Waals surface area (Å²) < 4.78 is 0.972. The van der Waals surface area contributed by atoms with E-state index in [-0.39, 0.29) is 17.3 Å². The van der Waals surface area contributed by atoms with Crippen LogP contribution in [0.2, 0.25) is 0 Å². The maximum atomic E-state index is 12.3. The van der Waals surface area contributed by atoms with E-state index in [1.54, 1.807) is 0 Å². The summed E-state index contributed by atoms with van der Waals surface area (Å²) in [5, 5.41) is 6.72. The van der Waals surface area contributed by atoms with Gasteiger partial charge in [0.2, 0.25) is 0 Å². The number of nitrogens with one attached hydrogen (secondary N) is 2. The third-order valence-corrected chi connectivity index (χ3v) is 4.39. The number of halogens is 1. The van der Waals surface area contributed by atoms with Gasteiger partial charge in [0.1, 0.15) is 10.7 Å². The number of nitrogens with zero attached hydrogens (tertiary/aromatic N) is 1. The van der Waals surface area contributed by atoms with Gasteiger partial charge in [-0.3, -0.25) is 4.79 Å². The summed E-state index contributed by atoms with van der Waals surface area (Å²) in [5.41, 5.74) is 6.48. The van der Waals surface area contributed by atoms with Gasteiger partial charge >= 0.3 is 0 Å². The Morgan fingerprint density at radius 2 is 2.00 bits per heavy atom. The number of hydrogen-bond acceptors (Lipinski definition) is 5. The van der Waals surface area contributed by atoms with Gasteiger partial charge in [0, 0.05) is 9.11 Å². The molecule has 0 saturated carbocycles. The van der Waals surface area contributed by atoms with E-state index < -0.39 is 0 Å². The molecule has 0 bridgehead atoms. The fourth-order valence-corrected chi connectivity index (χ4v) is 3.12. The largest absolute Gasteiger partial charge is 0.382 e. The van der Waals surface area contributed by atoms with Gasteiger partial charge in [-0.25, -0.2) is 4.98 Å². The van der Waals surface area contributed by atoms with Gasteiger partial charge in [-0.2, -0.15) is 0 Å². The molecule has 0 atom stereocenters. The van der Waals surface area contributed by atoms with Gasteiger partial charge in [-0.15, -0.1) is 0 Å². The molecule has 0 aliphatic heterocycles. The van der Waals surface area contributed by atoms with Crippen LogP contribution < -0.4 is 16.4 Å². The number of amides is 1. The van der Waals surface area contributed by atoms with Gasteiger partial charge < -0.3 is 16.4 Å². The lowest BCUT2D eigenvalue weighted by Crippen LogP contribution is -2.25. The molecule has 1 aromatic carbocycles. The highest BCUT2D eigenvalue weighted by molar-refractivity contribution is 14.1. The molecule has 1 amide bonds. The quantitative estimate of drug-likeness (QED) is 0.666. The molecule has 112 valence electrons. The zero-order valence-electron chi connectivity index (χ0n) is 12.0. The second-order valence-corrected chi connectivity index (χ2v) is 7.70. The Kier molecular flexibility index (Phi) is 4.72. The fraction of sp³-hybridized carbons (Fsp3) is 0.286. The number of nitrogens with two attached hydrogens (primary N) is 1. The Morgan fingerprint density at radius 1 is 1.33 bits per heavy atom. The molecule has 0 spiro atoms. The first-order valence-corrected chi connectivity index (χ1v) is 8.26. The Hall–Kier alpha value is -1.35. The SMILES string of the molecule is CC(C)(C)Nc1nc(N)c(C(=O)Nc2ccccc2I)s1. The average molecular weight is 416 g/mol. The van der Waals surface area contributed by atoms with Crippen molar-refractivity contribution >= 4 is 56.5 Å². The van der Waals surface area contributed by atoms with Crippen molar-refractivity contribution in [3.8, 4) is 0 Å². The molecule has 4 N–H and O–H groups in total. The second-order valence-electron chi connectivity index (χ2n) is 5.54. The van der Waals surface area contributed by atoms with Crippen molar-refractivity contribution in [2.45, 2.75) is 26.3 Å². The van der Waals surface area contributed by atoms with Crippen LogP contribution >= 0.6 is 33.9 Å². The Balaban J connectivity index is 2.18. The summed E-state index contributed by atoms with van der Waals surface area (Å²) in [6.45, 7) is 6.07. The minimum Gasteiger partial charge on any atom is -0.382 e. The van der Waals surface area contributed by atoms with E-state index in [0.717, 1.165) is 9.26 Å². The van der Waals surface area contributed by atoms with Crippen molar-refractivity contribution in [3.63, 3.8) is 0 Å². The number of benzene rings is 1. The molecule has 1 heterocycles. The van der Waals surface area contributed by atoms with E-state index in [9.17, 15) is 4.79 Å². The minimum absolute atomic E-state index is 0.132. The smallest absolute Gasteiger partial charge is 0.269 e. The van der Waals surface area contributed by atoms with Crippen molar-refractivity contribution in [2.24, 2.45) is 0 Å². The minimum atomic E-state index is -0.240. The van der Waals surface area contributed by atoms with Crippen LogP contribution in [0.1, 0.15) is 30.4 Å². The lowest BCUT2D eigenvalue weighted by molar-refractivity contribution is 0.103. The number of para-hydroxylation sites is 1.